The number of ether oxygens (including phenoxy) is 3. The number of esters is 3. The third-order valence-electron chi connectivity index (χ3n) is 15.5. The molecule has 0 fully saturated rings. The van der Waals surface area contributed by atoms with E-state index in [1.165, 1.54) is 0 Å². The molecule has 0 spiro atoms. The highest BCUT2D eigenvalue weighted by atomic mass is 31.2. The topological polar surface area (TPSA) is 231 Å². The monoisotopic (exact) mass is 1500 g/mol. The second-order valence-electron chi connectivity index (χ2n) is 25.4. The molecule has 5 unspecified atom stereocenters. The highest BCUT2D eigenvalue weighted by Gasteiger charge is 2.29. The van der Waals surface area contributed by atoms with E-state index in [0.29, 0.717) is 25.7 Å². The first-order valence-corrected chi connectivity index (χ1v) is 42.4. The second kappa shape index (κ2) is 77.7. The molecule has 0 aliphatic rings. The summed E-state index contributed by atoms with van der Waals surface area (Å²) in [4.78, 5) is 58.7. The van der Waals surface area contributed by atoms with Crippen molar-refractivity contribution in [1.82, 2.24) is 0 Å². The summed E-state index contributed by atoms with van der Waals surface area (Å²) in [6, 6.07) is 0. The zero-order valence-electron chi connectivity index (χ0n) is 64.6. The Morgan fingerprint density at radius 3 is 0.771 bits per heavy atom. The molecule has 0 aromatic rings. The number of carbonyl (C=O) groups excluding carboxylic acids is 3. The summed E-state index contributed by atoms with van der Waals surface area (Å²) in [5.74, 6) is -1.67. The Bertz CT molecular complexity index is 2740. The van der Waals surface area contributed by atoms with Crippen LogP contribution in [0.4, 0.5) is 0 Å². The molecule has 592 valence electrons. The Labute approximate surface area is 635 Å². The fourth-order valence-corrected chi connectivity index (χ4v) is 11.2. The van der Waals surface area contributed by atoms with Crippen molar-refractivity contribution in [2.24, 2.45) is 0 Å². The number of allylic oxidation sites excluding steroid dienone is 34. The molecule has 4 N–H and O–H groups in total. The maximum Gasteiger partial charge on any atom is 0.472 e. The van der Waals surface area contributed by atoms with E-state index in [1.54, 1.807) is 0 Å². The lowest BCUT2D eigenvalue weighted by Crippen LogP contribution is -2.30. The number of carbonyl (C=O) groups is 3. The predicted octanol–water partition coefficient (Wildman–Crippen LogP) is 23.3. The maximum atomic E-state index is 13.0. The van der Waals surface area contributed by atoms with Gasteiger partial charge in [-0.05, 0) is 167 Å². The highest BCUT2D eigenvalue weighted by molar-refractivity contribution is 7.47. The van der Waals surface area contributed by atoms with Crippen molar-refractivity contribution in [1.29, 1.82) is 0 Å². The molecule has 0 bridgehead atoms. The molecule has 0 aromatic carbocycles. The van der Waals surface area contributed by atoms with Gasteiger partial charge in [-0.2, -0.15) is 0 Å². The summed E-state index contributed by atoms with van der Waals surface area (Å²) in [6.45, 7) is 2.22. The smallest absolute Gasteiger partial charge is 0.463 e. The average molecular weight is 1500 g/mol. The Hall–Kier alpha value is -5.87. The van der Waals surface area contributed by atoms with Crippen molar-refractivity contribution >= 4 is 33.6 Å². The van der Waals surface area contributed by atoms with Gasteiger partial charge in [-0.15, -0.1) is 0 Å². The van der Waals surface area contributed by atoms with Crippen LogP contribution in [0.2, 0.25) is 0 Å². The first kappa shape index (κ1) is 99.1. The summed E-state index contributed by atoms with van der Waals surface area (Å²) in [5.41, 5.74) is 0. The maximum absolute atomic E-state index is 13.0. The molecule has 0 heterocycles. The summed E-state index contributed by atoms with van der Waals surface area (Å²) in [5, 5.41) is 20.6. The van der Waals surface area contributed by atoms with Gasteiger partial charge in [0.1, 0.15) is 25.4 Å². The first-order chi connectivity index (χ1) is 51.2. The molecular formula is C87H138O16P2. The van der Waals surface area contributed by atoms with E-state index in [4.69, 9.17) is 32.3 Å². The summed E-state index contributed by atoms with van der Waals surface area (Å²) >= 11 is 0. The van der Waals surface area contributed by atoms with E-state index >= 15 is 0 Å². The Kier molecular flexibility index (Phi) is 73.4. The normalized spacial score (nSPS) is 15.1. The van der Waals surface area contributed by atoms with Gasteiger partial charge in [0, 0.05) is 19.3 Å². The van der Waals surface area contributed by atoms with Gasteiger partial charge in [0.15, 0.2) is 6.10 Å². The number of aliphatic hydroxyl groups is 2. The second-order valence-corrected chi connectivity index (χ2v) is 28.3. The number of unbranched alkanes of at least 4 members (excludes halogenated alkanes) is 15. The zero-order valence-corrected chi connectivity index (χ0v) is 66.3. The Morgan fingerprint density at radius 2 is 0.476 bits per heavy atom. The third-order valence-corrected chi connectivity index (χ3v) is 17.4. The van der Waals surface area contributed by atoms with Gasteiger partial charge in [-0.25, -0.2) is 9.13 Å². The van der Waals surface area contributed by atoms with Crippen molar-refractivity contribution in [2.75, 3.05) is 39.6 Å². The van der Waals surface area contributed by atoms with Gasteiger partial charge in [0.25, 0.3) is 0 Å². The lowest BCUT2D eigenvalue weighted by Gasteiger charge is -2.21. The van der Waals surface area contributed by atoms with Crippen LogP contribution in [0.15, 0.2) is 207 Å². The molecule has 0 rings (SSSR count). The SMILES string of the molecule is CC/C=C\C/C=C\C/C=C\C/C=C\C/C=C\C/C=C\CCCCCCCCC(=O)OCC(O)COP(=O)(O)OCC(O)COP(=O)(O)OCC(COC(=O)CCCCCCCCC/C=C\C/C=C\C/C=C\C/C=C\C/C=C\CC)OC(=O)CCCC/C=C\C/C=C\C/C=C\C/C=C\C/C=C\C/C=C\CC. The summed E-state index contributed by atoms with van der Waals surface area (Å²) < 4.78 is 61.1. The largest absolute Gasteiger partial charge is 0.472 e. The minimum atomic E-state index is -4.96. The standard InChI is InChI=1S/C87H138O16P2/c1-4-7-10-13-16-19-22-25-28-31-34-37-39-40-42-45-46-49-52-55-58-61-64-67-70-73-85(90)97-76-82(88)77-99-104(93,94)100-78-83(89)79-101-105(95,96)102-81-84(103-87(92)75-72-69-66-63-60-57-54-51-48-43-36-33-30-27-24-21-18-15-12-9-6-3)80-98-86(91)74-71-68-65-62-59-56-53-50-47-44-41-38-35-32-29-26-23-20-17-14-11-8-5-2/h7-12,16-21,25-30,34-38,40,42-44,46-47,49,51,54,60,63,82-84,88-89H,4-6,13-15,22-24,31-33,39,41,45,48,50,52-53,55-59,61-62,64-81H2,1-3H3,(H,93,94)(H,95,96)/b10-7-,11-8-,12-9-,19-16-,20-17-,21-18-,28-25-,29-26-,30-27-,37-34-,38-35-,42-40-,43-36-,47-44-,49-46-,54-51-,63-60-. The van der Waals surface area contributed by atoms with Crippen LogP contribution in [0.25, 0.3) is 0 Å². The predicted molar refractivity (Wildman–Crippen MR) is 435 cm³/mol. The highest BCUT2D eigenvalue weighted by Crippen LogP contribution is 2.45. The minimum absolute atomic E-state index is 0.0373. The molecule has 0 saturated carbocycles. The number of phosphoric ester groups is 2. The van der Waals surface area contributed by atoms with E-state index < -0.39 is 91.5 Å². The van der Waals surface area contributed by atoms with E-state index in [1.807, 2.05) is 0 Å². The number of phosphoric acid groups is 2. The van der Waals surface area contributed by atoms with E-state index in [9.17, 15) is 43.5 Å². The average Bonchev–Trinajstić information content (AvgIpc) is 0.963. The van der Waals surface area contributed by atoms with Crippen molar-refractivity contribution in [3.05, 3.63) is 207 Å². The molecule has 0 aromatic heterocycles. The van der Waals surface area contributed by atoms with Crippen LogP contribution in [0.3, 0.4) is 0 Å². The van der Waals surface area contributed by atoms with Crippen LogP contribution in [0.5, 0.6) is 0 Å². The molecule has 5 atom stereocenters. The fraction of sp³-hybridized carbons (Fsp3) is 0.575. The van der Waals surface area contributed by atoms with E-state index in [-0.39, 0.29) is 19.3 Å². The number of rotatable bonds is 72. The van der Waals surface area contributed by atoms with Gasteiger partial charge in [0.05, 0.1) is 26.4 Å². The van der Waals surface area contributed by atoms with Crippen LogP contribution in [-0.2, 0) is 55.8 Å². The molecule has 18 heteroatoms. The Morgan fingerprint density at radius 1 is 0.267 bits per heavy atom. The summed E-state index contributed by atoms with van der Waals surface area (Å²) in [7, 11) is -9.84. The number of hydrogen-bond acceptors (Lipinski definition) is 14. The van der Waals surface area contributed by atoms with Gasteiger partial charge in [-0.1, -0.05) is 285 Å². The molecular weight excluding hydrogens is 1360 g/mol. The first-order valence-electron chi connectivity index (χ1n) is 39.4. The van der Waals surface area contributed by atoms with Gasteiger partial charge in [-0.3, -0.25) is 32.5 Å². The lowest BCUT2D eigenvalue weighted by atomic mass is 10.1. The van der Waals surface area contributed by atoms with Crippen LogP contribution >= 0.6 is 15.6 Å². The number of hydrogen-bond donors (Lipinski definition) is 4. The molecule has 16 nitrogen and oxygen atoms in total. The molecule has 0 amide bonds. The van der Waals surface area contributed by atoms with Gasteiger partial charge in [0.2, 0.25) is 0 Å². The van der Waals surface area contributed by atoms with Crippen LogP contribution < -0.4 is 0 Å². The van der Waals surface area contributed by atoms with Gasteiger partial charge >= 0.3 is 33.6 Å². The van der Waals surface area contributed by atoms with Crippen LogP contribution in [-0.4, -0.2) is 95.9 Å². The van der Waals surface area contributed by atoms with Crippen molar-refractivity contribution in [3.8, 4) is 0 Å². The lowest BCUT2D eigenvalue weighted by molar-refractivity contribution is -0.161. The van der Waals surface area contributed by atoms with Gasteiger partial charge < -0.3 is 34.2 Å². The van der Waals surface area contributed by atoms with Crippen LogP contribution in [0.1, 0.15) is 265 Å². The zero-order chi connectivity index (χ0) is 76.6. The van der Waals surface area contributed by atoms with E-state index in [2.05, 4.69) is 227 Å². The third kappa shape index (κ3) is 79.0. The van der Waals surface area contributed by atoms with Crippen molar-refractivity contribution in [3.63, 3.8) is 0 Å². The minimum Gasteiger partial charge on any atom is -0.463 e. The molecule has 0 radical (unpaired) electrons. The molecule has 0 saturated heterocycles. The van der Waals surface area contributed by atoms with Crippen molar-refractivity contribution in [2.45, 2.75) is 283 Å². The van der Waals surface area contributed by atoms with E-state index in [0.717, 1.165) is 199 Å². The number of aliphatic hydroxyl groups excluding tert-OH is 2. The molecule has 0 aliphatic carbocycles. The molecule has 0 aliphatic heterocycles. The summed E-state index contributed by atoms with van der Waals surface area (Å²) in [6.07, 6.45) is 103. The fourth-order valence-electron chi connectivity index (χ4n) is 9.60. The quantitative estimate of drug-likeness (QED) is 0.0146. The van der Waals surface area contributed by atoms with Crippen LogP contribution in [0, 0.1) is 0 Å². The Balaban J connectivity index is 4.78. The van der Waals surface area contributed by atoms with Crippen molar-refractivity contribution < 1.29 is 75.8 Å². The molecule has 105 heavy (non-hydrogen) atoms.